The summed E-state index contributed by atoms with van der Waals surface area (Å²) in [6, 6.07) is 9.35. The number of methoxy groups -OCH3 is 2. The number of likely N-dealkylation sites (tertiary alicyclic amines) is 1. The summed E-state index contributed by atoms with van der Waals surface area (Å²) in [6.45, 7) is 1.04. The molecule has 32 heavy (non-hydrogen) atoms. The molecule has 170 valence electrons. The van der Waals surface area contributed by atoms with Gasteiger partial charge in [-0.05, 0) is 55.7 Å². The van der Waals surface area contributed by atoms with E-state index in [9.17, 15) is 14.4 Å². The summed E-state index contributed by atoms with van der Waals surface area (Å²) in [7, 11) is 2.70. The first-order chi connectivity index (χ1) is 15.4. The van der Waals surface area contributed by atoms with Gasteiger partial charge in [0.1, 0.15) is 0 Å². The molecule has 2 amide bonds. The molecule has 1 saturated heterocycles. The zero-order chi connectivity index (χ0) is 23.1. The van der Waals surface area contributed by atoms with Crippen LogP contribution in [-0.2, 0) is 9.53 Å². The van der Waals surface area contributed by atoms with Gasteiger partial charge in [-0.2, -0.15) is 0 Å². The van der Waals surface area contributed by atoms with E-state index in [-0.39, 0.29) is 23.8 Å². The van der Waals surface area contributed by atoms with Crippen LogP contribution in [0.3, 0.4) is 0 Å². The first-order valence-electron chi connectivity index (χ1n) is 10.2. The summed E-state index contributed by atoms with van der Waals surface area (Å²) < 4.78 is 15.2. The highest BCUT2D eigenvalue weighted by Crippen LogP contribution is 2.29. The van der Waals surface area contributed by atoms with Crippen LogP contribution in [0.4, 0.5) is 5.69 Å². The molecule has 9 heteroatoms. The number of carbonyl (C=O) groups is 3. The number of hydrogen-bond donors (Lipinski definition) is 1. The molecule has 0 unspecified atom stereocenters. The number of rotatable bonds is 7. The van der Waals surface area contributed by atoms with E-state index in [4.69, 9.17) is 21.1 Å². The molecule has 0 aromatic heterocycles. The molecule has 1 fully saturated rings. The van der Waals surface area contributed by atoms with Crippen LogP contribution in [0.15, 0.2) is 36.4 Å². The Bertz CT molecular complexity index is 1000. The highest BCUT2D eigenvalue weighted by atomic mass is 35.5. The van der Waals surface area contributed by atoms with Gasteiger partial charge in [0.15, 0.2) is 18.1 Å². The summed E-state index contributed by atoms with van der Waals surface area (Å²) in [5, 5.41) is 3.17. The quantitative estimate of drug-likeness (QED) is 0.632. The first-order valence-corrected chi connectivity index (χ1v) is 10.6. The minimum Gasteiger partial charge on any atom is -0.493 e. The fourth-order valence-corrected chi connectivity index (χ4v) is 3.57. The topological polar surface area (TPSA) is 94.2 Å². The van der Waals surface area contributed by atoms with Gasteiger partial charge in [-0.25, -0.2) is 4.79 Å². The largest absolute Gasteiger partial charge is 0.493 e. The molecule has 1 aliphatic rings. The molecule has 1 aliphatic heterocycles. The minimum absolute atomic E-state index is 0.145. The van der Waals surface area contributed by atoms with Crippen molar-refractivity contribution in [2.45, 2.75) is 19.3 Å². The van der Waals surface area contributed by atoms with Crippen molar-refractivity contribution >= 4 is 35.1 Å². The van der Waals surface area contributed by atoms with E-state index in [1.807, 2.05) is 0 Å². The Labute approximate surface area is 191 Å². The van der Waals surface area contributed by atoms with E-state index >= 15 is 0 Å². The first kappa shape index (κ1) is 23.4. The molecule has 0 atom stereocenters. The van der Waals surface area contributed by atoms with Gasteiger partial charge < -0.3 is 24.4 Å². The molecule has 0 aliphatic carbocycles. The lowest BCUT2D eigenvalue weighted by Gasteiger charge is -2.27. The maximum absolute atomic E-state index is 13.0. The molecule has 2 aromatic carbocycles. The summed E-state index contributed by atoms with van der Waals surface area (Å²) in [5.41, 5.74) is 0.952. The summed E-state index contributed by atoms with van der Waals surface area (Å²) >= 11 is 6.13. The fraction of sp³-hybridized carbons (Fsp3) is 0.348. The van der Waals surface area contributed by atoms with Gasteiger partial charge in [0.25, 0.3) is 11.8 Å². The van der Waals surface area contributed by atoms with E-state index in [0.29, 0.717) is 35.1 Å². The van der Waals surface area contributed by atoms with Crippen molar-refractivity contribution in [1.29, 1.82) is 0 Å². The van der Waals surface area contributed by atoms with Crippen LogP contribution in [0.25, 0.3) is 0 Å². The smallest absolute Gasteiger partial charge is 0.343 e. The number of piperidine rings is 1. The van der Waals surface area contributed by atoms with Crippen molar-refractivity contribution in [2.24, 2.45) is 0 Å². The second kappa shape index (κ2) is 10.9. The fourth-order valence-electron chi connectivity index (χ4n) is 3.39. The summed E-state index contributed by atoms with van der Waals surface area (Å²) in [6.07, 6.45) is 3.02. The second-order valence-electron chi connectivity index (χ2n) is 7.23. The van der Waals surface area contributed by atoms with E-state index in [1.54, 1.807) is 35.2 Å². The normalized spacial score (nSPS) is 13.3. The Morgan fingerprint density at radius 3 is 2.44 bits per heavy atom. The van der Waals surface area contributed by atoms with Crippen LogP contribution in [0, 0.1) is 0 Å². The van der Waals surface area contributed by atoms with Gasteiger partial charge in [-0.3, -0.25) is 9.59 Å². The second-order valence-corrected chi connectivity index (χ2v) is 7.66. The predicted octanol–water partition coefficient (Wildman–Crippen LogP) is 3.78. The third-order valence-electron chi connectivity index (χ3n) is 5.10. The Morgan fingerprint density at radius 2 is 1.75 bits per heavy atom. The predicted molar refractivity (Wildman–Crippen MR) is 120 cm³/mol. The molecule has 1 heterocycles. The molecular weight excluding hydrogens is 436 g/mol. The van der Waals surface area contributed by atoms with E-state index in [2.05, 4.69) is 10.1 Å². The number of benzene rings is 2. The number of nitrogens with one attached hydrogen (secondary N) is 1. The lowest BCUT2D eigenvalue weighted by atomic mass is 10.1. The number of carbonyl (C=O) groups excluding carboxylic acids is 3. The van der Waals surface area contributed by atoms with Crippen molar-refractivity contribution in [1.82, 2.24) is 4.90 Å². The number of esters is 1. The monoisotopic (exact) mass is 460 g/mol. The minimum atomic E-state index is -0.568. The highest BCUT2D eigenvalue weighted by Gasteiger charge is 2.22. The lowest BCUT2D eigenvalue weighted by Crippen LogP contribution is -2.36. The van der Waals surface area contributed by atoms with Crippen molar-refractivity contribution < 1.29 is 28.6 Å². The third-order valence-corrected chi connectivity index (χ3v) is 5.34. The number of anilines is 1. The van der Waals surface area contributed by atoms with Gasteiger partial charge in [0.05, 0.1) is 25.5 Å². The van der Waals surface area contributed by atoms with Crippen molar-refractivity contribution in [2.75, 3.05) is 39.2 Å². The molecule has 8 nitrogen and oxygen atoms in total. The van der Waals surface area contributed by atoms with Crippen LogP contribution in [0.2, 0.25) is 5.02 Å². The lowest BCUT2D eigenvalue weighted by molar-refractivity contribution is -0.142. The summed E-state index contributed by atoms with van der Waals surface area (Å²) in [5.74, 6) is -0.615. The number of halogens is 1. The van der Waals surface area contributed by atoms with Crippen LogP contribution in [0.5, 0.6) is 11.5 Å². The number of hydrogen-bond acceptors (Lipinski definition) is 6. The molecule has 2 aromatic rings. The molecule has 0 spiro atoms. The number of amides is 2. The number of nitrogens with zero attached hydrogens (tertiary/aromatic N) is 1. The van der Waals surface area contributed by atoms with Gasteiger partial charge in [-0.15, -0.1) is 0 Å². The Balaban J connectivity index is 1.83. The third kappa shape index (κ3) is 5.70. The molecule has 0 radical (unpaired) electrons. The Kier molecular flexibility index (Phi) is 7.94. The highest BCUT2D eigenvalue weighted by molar-refractivity contribution is 6.31. The van der Waals surface area contributed by atoms with Crippen molar-refractivity contribution in [3.63, 3.8) is 0 Å². The molecule has 0 bridgehead atoms. The van der Waals surface area contributed by atoms with E-state index < -0.39 is 11.9 Å². The van der Waals surface area contributed by atoms with Crippen molar-refractivity contribution in [3.05, 3.63) is 52.5 Å². The SMILES string of the molecule is COC(=O)COc1cc(C(=O)Nc2cc(Cl)ccc2C(=O)N2CCCCC2)ccc1OC. The summed E-state index contributed by atoms with van der Waals surface area (Å²) in [4.78, 5) is 39.2. The van der Waals surface area contributed by atoms with E-state index in [1.165, 1.54) is 20.3 Å². The Morgan fingerprint density at radius 1 is 1.00 bits per heavy atom. The average molecular weight is 461 g/mol. The molecule has 0 saturated carbocycles. The maximum Gasteiger partial charge on any atom is 0.343 e. The zero-order valence-electron chi connectivity index (χ0n) is 18.0. The van der Waals surface area contributed by atoms with Gasteiger partial charge >= 0.3 is 5.97 Å². The Hall–Kier alpha value is -3.26. The van der Waals surface area contributed by atoms with Crippen molar-refractivity contribution in [3.8, 4) is 11.5 Å². The molecule has 1 N–H and O–H groups in total. The van der Waals surface area contributed by atoms with E-state index in [0.717, 1.165) is 19.3 Å². The van der Waals surface area contributed by atoms with Crippen LogP contribution in [-0.4, -0.2) is 56.6 Å². The standard InChI is InChI=1S/C23H25ClN2O6/c1-30-19-9-6-15(12-20(19)32-14-21(27)31-2)22(28)25-18-13-16(24)7-8-17(18)23(29)26-10-4-3-5-11-26/h6-9,12-13H,3-5,10-11,14H2,1-2H3,(H,25,28). The average Bonchev–Trinajstić information content (AvgIpc) is 2.82. The molecule has 3 rings (SSSR count). The van der Waals surface area contributed by atoms with Gasteiger partial charge in [-0.1, -0.05) is 11.6 Å². The maximum atomic E-state index is 13.0. The van der Waals surface area contributed by atoms with Crippen LogP contribution in [0.1, 0.15) is 40.0 Å². The molecular formula is C23H25ClN2O6. The van der Waals surface area contributed by atoms with Crippen LogP contribution < -0.4 is 14.8 Å². The van der Waals surface area contributed by atoms with Gasteiger partial charge in [0.2, 0.25) is 0 Å². The van der Waals surface area contributed by atoms with Gasteiger partial charge in [0, 0.05) is 23.7 Å². The van der Waals surface area contributed by atoms with Crippen LogP contribution >= 0.6 is 11.6 Å². The number of ether oxygens (including phenoxy) is 3. The zero-order valence-corrected chi connectivity index (χ0v) is 18.7.